The number of terminal acetylenes is 1. The quantitative estimate of drug-likeness (QED) is 0.519. The highest BCUT2D eigenvalue weighted by atomic mass is 16.4. The number of hydrogen-bond donors (Lipinski definition) is 2. The number of nitrogens with zero attached hydrogens (tertiary/aromatic N) is 1. The van der Waals surface area contributed by atoms with Gasteiger partial charge in [-0.15, -0.1) is 6.42 Å². The lowest BCUT2D eigenvalue weighted by molar-refractivity contribution is -0.120. The number of aromatic nitrogens is 1. The lowest BCUT2D eigenvalue weighted by Gasteiger charge is -2.02. The largest absolute Gasteiger partial charge is 0.444 e. The van der Waals surface area contributed by atoms with Gasteiger partial charge >= 0.3 is 0 Å². The van der Waals surface area contributed by atoms with Gasteiger partial charge in [0.1, 0.15) is 5.76 Å². The van der Waals surface area contributed by atoms with Crippen LogP contribution in [0.15, 0.2) is 10.6 Å². The van der Waals surface area contributed by atoms with Crippen molar-refractivity contribution in [2.75, 3.05) is 13.1 Å². The van der Waals surface area contributed by atoms with Crippen LogP contribution in [0.1, 0.15) is 11.7 Å². The van der Waals surface area contributed by atoms with E-state index in [1.807, 2.05) is 0 Å². The number of hydrogen-bond acceptors (Lipinski definition) is 4. The van der Waals surface area contributed by atoms with Crippen molar-refractivity contribution in [1.82, 2.24) is 15.6 Å². The van der Waals surface area contributed by atoms with E-state index in [2.05, 4.69) is 21.5 Å². The number of aryl methyl sites for hydroxylation is 1. The van der Waals surface area contributed by atoms with Gasteiger partial charge < -0.3 is 9.73 Å². The molecule has 80 valence electrons. The summed E-state index contributed by atoms with van der Waals surface area (Å²) in [5, 5.41) is 5.42. The van der Waals surface area contributed by atoms with Gasteiger partial charge in [-0.2, -0.15) is 0 Å². The Labute approximate surface area is 88.3 Å². The fourth-order valence-electron chi connectivity index (χ4n) is 0.968. The van der Waals surface area contributed by atoms with Crippen LogP contribution in [-0.2, 0) is 11.3 Å². The molecule has 0 aromatic carbocycles. The van der Waals surface area contributed by atoms with Crippen molar-refractivity contribution < 1.29 is 9.21 Å². The van der Waals surface area contributed by atoms with Crippen molar-refractivity contribution in [2.45, 2.75) is 13.5 Å². The molecule has 0 spiro atoms. The first-order valence-corrected chi connectivity index (χ1v) is 4.54. The summed E-state index contributed by atoms with van der Waals surface area (Å²) < 4.78 is 5.18. The van der Waals surface area contributed by atoms with E-state index in [-0.39, 0.29) is 12.5 Å². The van der Waals surface area contributed by atoms with Crippen LogP contribution in [0.3, 0.4) is 0 Å². The van der Waals surface area contributed by atoms with Crippen LogP contribution < -0.4 is 10.6 Å². The Morgan fingerprint density at radius 1 is 1.73 bits per heavy atom. The maximum atomic E-state index is 11.2. The highest BCUT2D eigenvalue weighted by Gasteiger charge is 2.03. The zero-order valence-electron chi connectivity index (χ0n) is 8.54. The lowest BCUT2D eigenvalue weighted by Crippen LogP contribution is -2.33. The van der Waals surface area contributed by atoms with Crippen LogP contribution >= 0.6 is 0 Å². The molecule has 2 N–H and O–H groups in total. The van der Waals surface area contributed by atoms with Crippen molar-refractivity contribution in [1.29, 1.82) is 0 Å². The average Bonchev–Trinajstić information content (AvgIpc) is 2.62. The van der Waals surface area contributed by atoms with Gasteiger partial charge in [-0.25, -0.2) is 4.98 Å². The molecule has 15 heavy (non-hydrogen) atoms. The zero-order chi connectivity index (χ0) is 11.1. The van der Waals surface area contributed by atoms with E-state index >= 15 is 0 Å². The predicted octanol–water partition coefficient (Wildman–Crippen LogP) is -0.178. The molecule has 5 heteroatoms. The highest BCUT2D eigenvalue weighted by molar-refractivity contribution is 5.77. The van der Waals surface area contributed by atoms with Gasteiger partial charge in [0.15, 0.2) is 0 Å². The fourth-order valence-corrected chi connectivity index (χ4v) is 0.968. The van der Waals surface area contributed by atoms with Crippen LogP contribution in [0.25, 0.3) is 0 Å². The molecule has 1 aromatic heterocycles. The van der Waals surface area contributed by atoms with E-state index in [1.54, 1.807) is 13.1 Å². The van der Waals surface area contributed by atoms with E-state index in [0.717, 1.165) is 5.76 Å². The van der Waals surface area contributed by atoms with E-state index in [0.29, 0.717) is 19.0 Å². The van der Waals surface area contributed by atoms with Crippen LogP contribution in [0, 0.1) is 19.3 Å². The van der Waals surface area contributed by atoms with Crippen LogP contribution in [0.4, 0.5) is 0 Å². The summed E-state index contributed by atoms with van der Waals surface area (Å²) in [5.74, 6) is 3.46. The van der Waals surface area contributed by atoms with Gasteiger partial charge in [0.2, 0.25) is 11.8 Å². The number of carbonyl (C=O) groups excluding carboxylic acids is 1. The summed E-state index contributed by atoms with van der Waals surface area (Å²) in [5.41, 5.74) is 0. The van der Waals surface area contributed by atoms with Crippen LogP contribution in [0.5, 0.6) is 0 Å². The van der Waals surface area contributed by atoms with Gasteiger partial charge in [-0.3, -0.25) is 10.1 Å². The second-order valence-electron chi connectivity index (χ2n) is 2.95. The maximum absolute atomic E-state index is 11.2. The summed E-state index contributed by atoms with van der Waals surface area (Å²) in [6.07, 6.45) is 6.62. The predicted molar refractivity (Wildman–Crippen MR) is 54.8 cm³/mol. The van der Waals surface area contributed by atoms with Gasteiger partial charge in [0.25, 0.3) is 0 Å². The average molecular weight is 207 g/mol. The highest BCUT2D eigenvalue weighted by Crippen LogP contribution is 1.99. The Morgan fingerprint density at radius 3 is 3.13 bits per heavy atom. The van der Waals surface area contributed by atoms with Crippen LogP contribution in [0.2, 0.25) is 0 Å². The Hall–Kier alpha value is -1.80. The second kappa shape index (κ2) is 5.83. The minimum Gasteiger partial charge on any atom is -0.444 e. The summed E-state index contributed by atoms with van der Waals surface area (Å²) >= 11 is 0. The smallest absolute Gasteiger partial charge is 0.234 e. The molecule has 0 radical (unpaired) electrons. The molecule has 0 aliphatic rings. The molecule has 0 bridgehead atoms. The molecular formula is C10H13N3O2. The number of carbonyl (C=O) groups is 1. The second-order valence-corrected chi connectivity index (χ2v) is 2.95. The molecule has 1 heterocycles. The van der Waals surface area contributed by atoms with Gasteiger partial charge in [0.05, 0.1) is 25.8 Å². The minimum absolute atomic E-state index is 0.138. The molecule has 0 fully saturated rings. The fraction of sp³-hybridized carbons (Fsp3) is 0.400. The monoisotopic (exact) mass is 207 g/mol. The third-order valence-electron chi connectivity index (χ3n) is 1.62. The Kier molecular flexibility index (Phi) is 4.38. The van der Waals surface area contributed by atoms with Gasteiger partial charge in [-0.1, -0.05) is 5.92 Å². The third kappa shape index (κ3) is 4.29. The summed E-state index contributed by atoms with van der Waals surface area (Å²) in [6, 6.07) is 0. The van der Waals surface area contributed by atoms with E-state index in [4.69, 9.17) is 10.8 Å². The molecule has 0 aliphatic carbocycles. The topological polar surface area (TPSA) is 67.2 Å². The first kappa shape index (κ1) is 11.3. The minimum atomic E-state index is -0.138. The summed E-state index contributed by atoms with van der Waals surface area (Å²) in [7, 11) is 0. The Morgan fingerprint density at radius 2 is 2.53 bits per heavy atom. The molecule has 1 aromatic rings. The number of nitrogens with one attached hydrogen (secondary N) is 2. The van der Waals surface area contributed by atoms with Crippen LogP contribution in [-0.4, -0.2) is 24.0 Å². The maximum Gasteiger partial charge on any atom is 0.234 e. The number of oxazole rings is 1. The number of rotatable bonds is 5. The first-order valence-electron chi connectivity index (χ1n) is 4.54. The Balaban J connectivity index is 2.20. The molecule has 5 nitrogen and oxygen atoms in total. The molecule has 0 saturated heterocycles. The normalized spacial score (nSPS) is 9.60. The van der Waals surface area contributed by atoms with Crippen molar-refractivity contribution in [3.05, 3.63) is 17.8 Å². The van der Waals surface area contributed by atoms with Crippen molar-refractivity contribution in [3.8, 4) is 12.3 Å². The van der Waals surface area contributed by atoms with Crippen molar-refractivity contribution in [3.63, 3.8) is 0 Å². The third-order valence-corrected chi connectivity index (χ3v) is 1.62. The first-order chi connectivity index (χ1) is 7.22. The standard InChI is InChI=1S/C10H13N3O2/c1-3-4-11-6-9(14)12-7-10-13-5-8(2)15-10/h1,5,11H,4,6-7H2,2H3,(H,12,14). The summed E-state index contributed by atoms with van der Waals surface area (Å²) in [6.45, 7) is 2.67. The molecular weight excluding hydrogens is 194 g/mol. The van der Waals surface area contributed by atoms with E-state index < -0.39 is 0 Å². The molecule has 1 amide bonds. The number of amides is 1. The van der Waals surface area contributed by atoms with Gasteiger partial charge in [0, 0.05) is 0 Å². The summed E-state index contributed by atoms with van der Waals surface area (Å²) in [4.78, 5) is 15.1. The molecule has 0 atom stereocenters. The lowest BCUT2D eigenvalue weighted by atomic mass is 10.5. The van der Waals surface area contributed by atoms with Gasteiger partial charge in [-0.05, 0) is 6.92 Å². The molecule has 1 rings (SSSR count). The zero-order valence-corrected chi connectivity index (χ0v) is 8.54. The molecule has 0 saturated carbocycles. The van der Waals surface area contributed by atoms with E-state index in [1.165, 1.54) is 0 Å². The SMILES string of the molecule is C#CCNCC(=O)NCc1ncc(C)o1. The molecule has 0 aliphatic heterocycles. The molecule has 0 unspecified atom stereocenters. The van der Waals surface area contributed by atoms with E-state index in [9.17, 15) is 4.79 Å². The Bertz CT molecular complexity index is 365. The van der Waals surface area contributed by atoms with Crippen molar-refractivity contribution in [2.24, 2.45) is 0 Å². The van der Waals surface area contributed by atoms with Crippen molar-refractivity contribution >= 4 is 5.91 Å².